The third-order valence-electron chi connectivity index (χ3n) is 1.23. The van der Waals surface area contributed by atoms with Crippen LogP contribution in [0.3, 0.4) is 0 Å². The Balaban J connectivity index is 0.000001000. The molecule has 0 unspecified atom stereocenters. The van der Waals surface area contributed by atoms with Crippen LogP contribution in [0, 0.1) is 6.92 Å². The van der Waals surface area contributed by atoms with Gasteiger partial charge in [0.15, 0.2) is 0 Å². The zero-order chi connectivity index (χ0) is 7.72. The van der Waals surface area contributed by atoms with E-state index in [-0.39, 0.29) is 11.0 Å². The van der Waals surface area contributed by atoms with Crippen molar-refractivity contribution in [1.82, 2.24) is 0 Å². The summed E-state index contributed by atoms with van der Waals surface area (Å²) in [5.41, 5.74) is 0.941. The van der Waals surface area contributed by atoms with Gasteiger partial charge in [0.05, 0.1) is 15.1 Å². The standard InChI is InChI=1S/C7H5Cl3.H4Si/c1-4-2-3-5(8)7(10)6(4)9;/h2-3H,1H3;1H4. The van der Waals surface area contributed by atoms with E-state index in [0.29, 0.717) is 15.1 Å². The number of rotatable bonds is 0. The Kier molecular flexibility index (Phi) is 4.48. The molecule has 0 N–H and O–H groups in total. The van der Waals surface area contributed by atoms with Crippen LogP contribution in [0.25, 0.3) is 0 Å². The van der Waals surface area contributed by atoms with E-state index >= 15 is 0 Å². The first kappa shape index (κ1) is 11.3. The van der Waals surface area contributed by atoms with Crippen LogP contribution in [0.15, 0.2) is 12.1 Å². The van der Waals surface area contributed by atoms with E-state index in [2.05, 4.69) is 0 Å². The molecule has 1 rings (SSSR count). The van der Waals surface area contributed by atoms with Crippen molar-refractivity contribution in [2.45, 2.75) is 6.92 Å². The highest BCUT2D eigenvalue weighted by Gasteiger charge is 2.03. The number of benzene rings is 1. The third-order valence-corrected chi connectivity index (χ3v) is 2.62. The lowest BCUT2D eigenvalue weighted by Gasteiger charge is -2.00. The molecular weight excluding hydrogens is 219 g/mol. The van der Waals surface area contributed by atoms with Crippen LogP contribution < -0.4 is 0 Å². The van der Waals surface area contributed by atoms with Crippen LogP contribution in [-0.2, 0) is 0 Å². The minimum Gasteiger partial charge on any atom is -0.0827 e. The Labute approximate surface area is 85.5 Å². The molecule has 0 aliphatic carbocycles. The summed E-state index contributed by atoms with van der Waals surface area (Å²) in [7, 11) is 0. The van der Waals surface area contributed by atoms with Crippen molar-refractivity contribution in [3.63, 3.8) is 0 Å². The predicted molar refractivity (Wildman–Crippen MR) is 57.5 cm³/mol. The SMILES string of the molecule is Cc1ccc(Cl)c(Cl)c1Cl.[SiH4]. The molecule has 11 heavy (non-hydrogen) atoms. The summed E-state index contributed by atoms with van der Waals surface area (Å²) < 4.78 is 0. The first-order valence-electron chi connectivity index (χ1n) is 2.73. The highest BCUT2D eigenvalue weighted by atomic mass is 35.5. The smallest absolute Gasteiger partial charge is 0.0781 e. The molecule has 4 heteroatoms. The summed E-state index contributed by atoms with van der Waals surface area (Å²) in [6.07, 6.45) is 0. The Morgan fingerprint density at radius 2 is 1.55 bits per heavy atom. The van der Waals surface area contributed by atoms with Crippen molar-refractivity contribution in [3.8, 4) is 0 Å². The second kappa shape index (κ2) is 4.36. The molecule has 62 valence electrons. The second-order valence-electron chi connectivity index (χ2n) is 1.99. The molecule has 0 aliphatic rings. The lowest BCUT2D eigenvalue weighted by atomic mass is 10.2. The molecule has 0 radical (unpaired) electrons. The van der Waals surface area contributed by atoms with Gasteiger partial charge in [-0.3, -0.25) is 0 Å². The van der Waals surface area contributed by atoms with Gasteiger partial charge < -0.3 is 0 Å². The summed E-state index contributed by atoms with van der Waals surface area (Å²) in [6, 6.07) is 3.56. The predicted octanol–water partition coefficient (Wildman–Crippen LogP) is 2.50. The highest BCUT2D eigenvalue weighted by molar-refractivity contribution is 6.48. The fraction of sp³-hybridized carbons (Fsp3) is 0.143. The van der Waals surface area contributed by atoms with Crippen LogP contribution in [0.4, 0.5) is 0 Å². The van der Waals surface area contributed by atoms with Gasteiger partial charge in [-0.05, 0) is 29.5 Å². The highest BCUT2D eigenvalue weighted by Crippen LogP contribution is 2.31. The average molecular weight is 228 g/mol. The van der Waals surface area contributed by atoms with Gasteiger partial charge in [0.1, 0.15) is 0 Å². The van der Waals surface area contributed by atoms with E-state index in [0.717, 1.165) is 5.56 Å². The summed E-state index contributed by atoms with van der Waals surface area (Å²) >= 11 is 17.2. The van der Waals surface area contributed by atoms with E-state index in [1.54, 1.807) is 6.07 Å². The van der Waals surface area contributed by atoms with E-state index in [4.69, 9.17) is 34.8 Å². The maximum atomic E-state index is 5.77. The number of hydrogen-bond acceptors (Lipinski definition) is 0. The van der Waals surface area contributed by atoms with Gasteiger partial charge in [-0.25, -0.2) is 0 Å². The Morgan fingerprint density at radius 3 is 2.00 bits per heavy atom. The van der Waals surface area contributed by atoms with Gasteiger partial charge in [-0.2, -0.15) is 0 Å². The van der Waals surface area contributed by atoms with Crippen molar-refractivity contribution < 1.29 is 0 Å². The second-order valence-corrected chi connectivity index (χ2v) is 3.16. The lowest BCUT2D eigenvalue weighted by molar-refractivity contribution is 1.47. The molecule has 0 aromatic heterocycles. The average Bonchev–Trinajstić information content (AvgIpc) is 1.93. The molecule has 0 saturated carbocycles. The number of hydrogen-bond donors (Lipinski definition) is 0. The van der Waals surface area contributed by atoms with Crippen molar-refractivity contribution in [3.05, 3.63) is 32.8 Å². The molecule has 0 saturated heterocycles. The van der Waals surface area contributed by atoms with Crippen molar-refractivity contribution in [1.29, 1.82) is 0 Å². The van der Waals surface area contributed by atoms with Crippen molar-refractivity contribution in [2.75, 3.05) is 0 Å². The first-order valence-corrected chi connectivity index (χ1v) is 3.86. The monoisotopic (exact) mass is 226 g/mol. The van der Waals surface area contributed by atoms with Gasteiger partial charge in [0.2, 0.25) is 0 Å². The van der Waals surface area contributed by atoms with Gasteiger partial charge in [0, 0.05) is 0 Å². The van der Waals surface area contributed by atoms with E-state index in [9.17, 15) is 0 Å². The van der Waals surface area contributed by atoms with Crippen molar-refractivity contribution in [2.24, 2.45) is 0 Å². The van der Waals surface area contributed by atoms with Crippen LogP contribution in [-0.4, -0.2) is 11.0 Å². The van der Waals surface area contributed by atoms with Gasteiger partial charge in [0.25, 0.3) is 0 Å². The fourth-order valence-electron chi connectivity index (χ4n) is 0.622. The molecule has 1 aromatic rings. The van der Waals surface area contributed by atoms with E-state index < -0.39 is 0 Å². The summed E-state index contributed by atoms with van der Waals surface area (Å²) in [5, 5.41) is 1.47. The normalized spacial score (nSPS) is 9.09. The minimum atomic E-state index is 0. The van der Waals surface area contributed by atoms with Gasteiger partial charge in [-0.15, -0.1) is 0 Å². The lowest BCUT2D eigenvalue weighted by Crippen LogP contribution is -1.76. The largest absolute Gasteiger partial charge is 0.0827 e. The molecule has 0 bridgehead atoms. The number of aryl methyl sites for hydroxylation is 1. The topological polar surface area (TPSA) is 0 Å². The van der Waals surface area contributed by atoms with Crippen molar-refractivity contribution >= 4 is 45.8 Å². The quantitative estimate of drug-likeness (QED) is 0.472. The molecule has 0 aliphatic heterocycles. The van der Waals surface area contributed by atoms with E-state index in [1.807, 2.05) is 13.0 Å². The Morgan fingerprint density at radius 1 is 1.00 bits per heavy atom. The molecule has 0 atom stereocenters. The van der Waals surface area contributed by atoms with Crippen LogP contribution in [0.2, 0.25) is 15.1 Å². The molecular formula is C7H9Cl3Si. The number of halogens is 3. The Hall–Kier alpha value is 0.307. The molecule has 0 heterocycles. The molecule has 0 spiro atoms. The molecule has 0 nitrogen and oxygen atoms in total. The third kappa shape index (κ3) is 2.37. The zero-order valence-electron chi connectivity index (χ0n) is 5.29. The fourth-order valence-corrected chi connectivity index (χ4v) is 1.21. The molecule has 0 fully saturated rings. The minimum absolute atomic E-state index is 0. The van der Waals surface area contributed by atoms with Crippen LogP contribution in [0.1, 0.15) is 5.56 Å². The first-order chi connectivity index (χ1) is 4.63. The summed E-state index contributed by atoms with van der Waals surface area (Å²) in [6.45, 7) is 1.88. The van der Waals surface area contributed by atoms with E-state index in [1.165, 1.54) is 0 Å². The maximum absolute atomic E-state index is 5.77. The molecule has 0 amide bonds. The Bertz CT molecular complexity index is 233. The maximum Gasteiger partial charge on any atom is 0.0781 e. The van der Waals surface area contributed by atoms with Crippen LogP contribution >= 0.6 is 34.8 Å². The summed E-state index contributed by atoms with van der Waals surface area (Å²) in [5.74, 6) is 0. The van der Waals surface area contributed by atoms with Gasteiger partial charge in [-0.1, -0.05) is 40.9 Å². The van der Waals surface area contributed by atoms with Crippen LogP contribution in [0.5, 0.6) is 0 Å². The van der Waals surface area contributed by atoms with Gasteiger partial charge >= 0.3 is 0 Å². The molecule has 1 aromatic carbocycles. The zero-order valence-corrected chi connectivity index (χ0v) is 7.56. The summed E-state index contributed by atoms with van der Waals surface area (Å²) in [4.78, 5) is 0.